The minimum absolute atomic E-state index is 0.203. The lowest BCUT2D eigenvalue weighted by atomic mass is 9.83. The molecule has 1 aliphatic rings. The Bertz CT molecular complexity index is 215. The smallest absolute Gasteiger partial charge is 0.0747 e. The zero-order valence-corrected chi connectivity index (χ0v) is 8.71. The lowest BCUT2D eigenvalue weighted by molar-refractivity contribution is 0.198. The first-order valence-electron chi connectivity index (χ1n) is 5.17. The van der Waals surface area contributed by atoms with E-state index in [1.165, 1.54) is 11.1 Å². The van der Waals surface area contributed by atoms with Crippen molar-refractivity contribution in [3.8, 4) is 0 Å². The van der Waals surface area contributed by atoms with Gasteiger partial charge in [-0.3, -0.25) is 0 Å². The Balaban J connectivity index is 2.52. The van der Waals surface area contributed by atoms with Crippen LogP contribution < -0.4 is 0 Å². The van der Waals surface area contributed by atoms with Gasteiger partial charge in [0.2, 0.25) is 0 Å². The third-order valence-corrected chi connectivity index (χ3v) is 2.96. The largest absolute Gasteiger partial charge is 0.389 e. The summed E-state index contributed by atoms with van der Waals surface area (Å²) in [6.45, 7) is 8.10. The number of allylic oxidation sites excluding steroid dienone is 2. The Morgan fingerprint density at radius 3 is 2.85 bits per heavy atom. The van der Waals surface area contributed by atoms with E-state index in [1.54, 1.807) is 0 Å². The predicted molar refractivity (Wildman–Crippen MR) is 56.5 cm³/mol. The van der Waals surface area contributed by atoms with Gasteiger partial charge < -0.3 is 5.11 Å². The fourth-order valence-electron chi connectivity index (χ4n) is 1.87. The van der Waals surface area contributed by atoms with E-state index in [2.05, 4.69) is 19.6 Å². The van der Waals surface area contributed by atoms with Crippen LogP contribution in [0, 0.1) is 5.92 Å². The van der Waals surface area contributed by atoms with Crippen LogP contribution in [0.4, 0.5) is 0 Å². The average Bonchev–Trinajstić information content (AvgIpc) is 2.17. The molecule has 0 aromatic carbocycles. The lowest BCUT2D eigenvalue weighted by Gasteiger charge is -2.24. The summed E-state index contributed by atoms with van der Waals surface area (Å²) in [6.07, 6.45) is 6.12. The maximum atomic E-state index is 9.62. The molecule has 0 fully saturated rings. The molecule has 1 aliphatic carbocycles. The van der Waals surface area contributed by atoms with Crippen molar-refractivity contribution in [1.82, 2.24) is 0 Å². The summed E-state index contributed by atoms with van der Waals surface area (Å²) in [6, 6.07) is 0. The van der Waals surface area contributed by atoms with E-state index < -0.39 is 0 Å². The number of aliphatic hydroxyl groups is 1. The van der Waals surface area contributed by atoms with Gasteiger partial charge in [-0.2, -0.15) is 0 Å². The Morgan fingerprint density at radius 2 is 2.46 bits per heavy atom. The van der Waals surface area contributed by atoms with E-state index in [0.717, 1.165) is 25.7 Å². The molecular weight excluding hydrogens is 160 g/mol. The van der Waals surface area contributed by atoms with Gasteiger partial charge in [0.15, 0.2) is 0 Å². The first-order chi connectivity index (χ1) is 6.15. The van der Waals surface area contributed by atoms with Gasteiger partial charge in [-0.05, 0) is 44.1 Å². The highest BCUT2D eigenvalue weighted by Crippen LogP contribution is 2.29. The standard InChI is InChI=1S/C12H20O/c1-4-12(13)11-7-5-10(6-8-11)9(2)3/h7,10,12-13H,2,4-6,8H2,1,3H3/t10-,12-/m1/s1. The Labute approximate surface area is 81.2 Å². The van der Waals surface area contributed by atoms with Crippen molar-refractivity contribution >= 4 is 0 Å². The van der Waals surface area contributed by atoms with Crippen molar-refractivity contribution in [1.29, 1.82) is 0 Å². The molecule has 0 aromatic rings. The average molecular weight is 180 g/mol. The van der Waals surface area contributed by atoms with Crippen LogP contribution in [0.1, 0.15) is 39.5 Å². The van der Waals surface area contributed by atoms with Crippen LogP contribution >= 0.6 is 0 Å². The van der Waals surface area contributed by atoms with Gasteiger partial charge in [0.25, 0.3) is 0 Å². The molecule has 0 amide bonds. The monoisotopic (exact) mass is 180 g/mol. The second-order valence-electron chi connectivity index (χ2n) is 4.02. The minimum Gasteiger partial charge on any atom is -0.389 e. The van der Waals surface area contributed by atoms with Crippen molar-refractivity contribution in [3.05, 3.63) is 23.8 Å². The zero-order valence-electron chi connectivity index (χ0n) is 8.71. The van der Waals surface area contributed by atoms with Crippen LogP contribution in [0.15, 0.2) is 23.8 Å². The normalized spacial score (nSPS) is 25.2. The second kappa shape index (κ2) is 4.61. The molecule has 1 nitrogen and oxygen atoms in total. The highest BCUT2D eigenvalue weighted by Gasteiger charge is 2.17. The van der Waals surface area contributed by atoms with Crippen molar-refractivity contribution in [2.45, 2.75) is 45.6 Å². The van der Waals surface area contributed by atoms with Crippen LogP contribution in [0.5, 0.6) is 0 Å². The van der Waals surface area contributed by atoms with Gasteiger partial charge in [0.1, 0.15) is 0 Å². The fourth-order valence-corrected chi connectivity index (χ4v) is 1.87. The third-order valence-electron chi connectivity index (χ3n) is 2.96. The Morgan fingerprint density at radius 1 is 1.77 bits per heavy atom. The van der Waals surface area contributed by atoms with Crippen LogP contribution in [-0.2, 0) is 0 Å². The molecule has 0 bridgehead atoms. The second-order valence-corrected chi connectivity index (χ2v) is 4.02. The van der Waals surface area contributed by atoms with Crippen molar-refractivity contribution in [2.75, 3.05) is 0 Å². The molecule has 0 heterocycles. The predicted octanol–water partition coefficient (Wildman–Crippen LogP) is 3.06. The summed E-state index contributed by atoms with van der Waals surface area (Å²) >= 11 is 0. The molecule has 0 saturated carbocycles. The molecule has 1 rings (SSSR count). The van der Waals surface area contributed by atoms with E-state index in [9.17, 15) is 5.11 Å². The van der Waals surface area contributed by atoms with Gasteiger partial charge in [0, 0.05) is 0 Å². The first-order valence-corrected chi connectivity index (χ1v) is 5.17. The zero-order chi connectivity index (χ0) is 9.84. The molecule has 13 heavy (non-hydrogen) atoms. The molecule has 0 unspecified atom stereocenters. The number of rotatable bonds is 3. The molecule has 1 N–H and O–H groups in total. The molecule has 0 radical (unpaired) electrons. The number of aliphatic hydroxyl groups excluding tert-OH is 1. The summed E-state index contributed by atoms with van der Waals surface area (Å²) in [7, 11) is 0. The van der Waals surface area contributed by atoms with E-state index >= 15 is 0 Å². The topological polar surface area (TPSA) is 20.2 Å². The van der Waals surface area contributed by atoms with E-state index in [0.29, 0.717) is 5.92 Å². The fraction of sp³-hybridized carbons (Fsp3) is 0.667. The summed E-state index contributed by atoms with van der Waals surface area (Å²) in [5, 5.41) is 9.62. The number of hydrogen-bond donors (Lipinski definition) is 1. The van der Waals surface area contributed by atoms with Gasteiger partial charge in [-0.15, -0.1) is 0 Å². The Kier molecular flexibility index (Phi) is 3.73. The third kappa shape index (κ3) is 2.70. The Hall–Kier alpha value is -0.560. The minimum atomic E-state index is -0.203. The van der Waals surface area contributed by atoms with Crippen molar-refractivity contribution < 1.29 is 5.11 Å². The lowest BCUT2D eigenvalue weighted by Crippen LogP contribution is -2.15. The molecule has 2 atom stereocenters. The summed E-state index contributed by atoms with van der Waals surface area (Å²) < 4.78 is 0. The maximum absolute atomic E-state index is 9.62. The van der Waals surface area contributed by atoms with Gasteiger partial charge >= 0.3 is 0 Å². The van der Waals surface area contributed by atoms with Crippen LogP contribution in [-0.4, -0.2) is 11.2 Å². The van der Waals surface area contributed by atoms with Crippen molar-refractivity contribution in [3.63, 3.8) is 0 Å². The van der Waals surface area contributed by atoms with Gasteiger partial charge in [-0.1, -0.05) is 25.2 Å². The first kappa shape index (κ1) is 10.5. The summed E-state index contributed by atoms with van der Waals surface area (Å²) in [5.74, 6) is 0.646. The van der Waals surface area contributed by atoms with Crippen LogP contribution in [0.25, 0.3) is 0 Å². The summed E-state index contributed by atoms with van der Waals surface area (Å²) in [5.41, 5.74) is 2.52. The maximum Gasteiger partial charge on any atom is 0.0747 e. The quantitative estimate of drug-likeness (QED) is 0.662. The van der Waals surface area contributed by atoms with E-state index in [4.69, 9.17) is 0 Å². The molecule has 0 aromatic heterocycles. The highest BCUT2D eigenvalue weighted by atomic mass is 16.3. The van der Waals surface area contributed by atoms with Crippen LogP contribution in [0.2, 0.25) is 0 Å². The van der Waals surface area contributed by atoms with E-state index in [-0.39, 0.29) is 6.10 Å². The SMILES string of the molecule is C=C(C)[C@@H]1CC=C([C@H](O)CC)CC1. The molecule has 0 spiro atoms. The van der Waals surface area contributed by atoms with E-state index in [1.807, 2.05) is 6.92 Å². The molecule has 0 saturated heterocycles. The highest BCUT2D eigenvalue weighted by molar-refractivity contribution is 5.15. The number of hydrogen-bond acceptors (Lipinski definition) is 1. The molecule has 1 heteroatoms. The molecule has 0 aliphatic heterocycles. The van der Waals surface area contributed by atoms with Gasteiger partial charge in [0.05, 0.1) is 6.10 Å². The van der Waals surface area contributed by atoms with Crippen LogP contribution in [0.3, 0.4) is 0 Å². The summed E-state index contributed by atoms with van der Waals surface area (Å²) in [4.78, 5) is 0. The van der Waals surface area contributed by atoms with Crippen molar-refractivity contribution in [2.24, 2.45) is 5.92 Å². The van der Waals surface area contributed by atoms with Gasteiger partial charge in [-0.25, -0.2) is 0 Å². The molecular formula is C12H20O. The molecule has 74 valence electrons.